The number of aromatic nitrogens is 4. The molecule has 2 aromatic heterocycles. The fourth-order valence-corrected chi connectivity index (χ4v) is 5.70. The highest BCUT2D eigenvalue weighted by Crippen LogP contribution is 2.42. The lowest BCUT2D eigenvalue weighted by Crippen LogP contribution is -2.33. The van der Waals surface area contributed by atoms with Crippen molar-refractivity contribution >= 4 is 11.0 Å². The molecule has 5 nitrogen and oxygen atoms in total. The van der Waals surface area contributed by atoms with Crippen molar-refractivity contribution in [2.24, 2.45) is 0 Å². The summed E-state index contributed by atoms with van der Waals surface area (Å²) in [6.45, 7) is 7.60. The maximum atomic E-state index is 6.40. The van der Waals surface area contributed by atoms with Crippen LogP contribution >= 0.6 is 0 Å². The van der Waals surface area contributed by atoms with Crippen molar-refractivity contribution in [1.29, 1.82) is 0 Å². The van der Waals surface area contributed by atoms with Gasteiger partial charge < -0.3 is 13.9 Å². The zero-order chi connectivity index (χ0) is 23.0. The molecule has 2 aliphatic heterocycles. The van der Waals surface area contributed by atoms with E-state index in [0.29, 0.717) is 0 Å². The molecule has 0 saturated carbocycles. The molecule has 0 aliphatic carbocycles. The second-order valence-corrected chi connectivity index (χ2v) is 10.1. The minimum absolute atomic E-state index is 0.0423. The molecule has 4 heterocycles. The molecule has 0 amide bonds. The van der Waals surface area contributed by atoms with Gasteiger partial charge in [-0.25, -0.2) is 9.97 Å². The van der Waals surface area contributed by atoms with E-state index in [9.17, 15) is 0 Å². The second-order valence-electron chi connectivity index (χ2n) is 10.1. The van der Waals surface area contributed by atoms with Crippen molar-refractivity contribution < 1.29 is 4.74 Å². The van der Waals surface area contributed by atoms with E-state index in [1.54, 1.807) is 0 Å². The van der Waals surface area contributed by atoms with E-state index in [0.717, 1.165) is 59.3 Å². The lowest BCUT2D eigenvalue weighted by Gasteiger charge is -2.34. The molecule has 5 heteroatoms. The fraction of sp³-hybridized carbons (Fsp3) is 0.241. The third-order valence-electron chi connectivity index (χ3n) is 7.19. The summed E-state index contributed by atoms with van der Waals surface area (Å²) in [5.41, 5.74) is 8.17. The highest BCUT2D eigenvalue weighted by Gasteiger charge is 2.33. The number of rotatable bonds is 2. The van der Waals surface area contributed by atoms with Gasteiger partial charge in [-0.3, -0.25) is 0 Å². The smallest absolute Gasteiger partial charge is 0.142 e. The minimum Gasteiger partial charge on any atom is -0.457 e. The van der Waals surface area contributed by atoms with Gasteiger partial charge in [0.25, 0.3) is 0 Å². The predicted molar refractivity (Wildman–Crippen MR) is 134 cm³/mol. The van der Waals surface area contributed by atoms with Gasteiger partial charge in [0.05, 0.1) is 16.7 Å². The van der Waals surface area contributed by atoms with E-state index in [1.165, 1.54) is 22.2 Å². The average Bonchev–Trinajstić information content (AvgIpc) is 3.40. The van der Waals surface area contributed by atoms with Crippen LogP contribution < -0.4 is 4.74 Å². The summed E-state index contributed by atoms with van der Waals surface area (Å²) in [6.07, 6.45) is 4.10. The Kier molecular flexibility index (Phi) is 3.93. The van der Waals surface area contributed by atoms with Crippen LogP contribution in [-0.2, 0) is 24.9 Å². The Morgan fingerprint density at radius 2 is 1.59 bits per heavy atom. The lowest BCUT2D eigenvalue weighted by molar-refractivity contribution is 0.358. The predicted octanol–water partition coefficient (Wildman–Crippen LogP) is 6.51. The van der Waals surface area contributed by atoms with E-state index in [2.05, 4.69) is 89.8 Å². The lowest BCUT2D eigenvalue weighted by atomic mass is 9.87. The van der Waals surface area contributed by atoms with Crippen molar-refractivity contribution in [2.45, 2.75) is 45.7 Å². The summed E-state index contributed by atoms with van der Waals surface area (Å²) in [4.78, 5) is 9.77. The van der Waals surface area contributed by atoms with Gasteiger partial charge >= 0.3 is 0 Å². The molecule has 3 aromatic carbocycles. The first-order valence-electron chi connectivity index (χ1n) is 11.9. The van der Waals surface area contributed by atoms with Gasteiger partial charge in [-0.15, -0.1) is 0 Å². The Bertz CT molecular complexity index is 1600. The van der Waals surface area contributed by atoms with E-state index in [1.807, 2.05) is 6.92 Å². The van der Waals surface area contributed by atoms with E-state index in [-0.39, 0.29) is 5.54 Å². The van der Waals surface area contributed by atoms with Gasteiger partial charge in [-0.2, -0.15) is 0 Å². The first-order valence-corrected chi connectivity index (χ1v) is 11.9. The van der Waals surface area contributed by atoms with E-state index < -0.39 is 0 Å². The summed E-state index contributed by atoms with van der Waals surface area (Å²) >= 11 is 0. The standard InChI is InChI=1S/C29H26N4O/c1-18-17-32-13-12-19-8-10-21(14-23(19)27(32)30-18)34-22-11-9-20-16-29(2,3)33-26-7-5-4-6-25(26)31-28(33)24(20)15-22/h4-11,14-15,17H,12-13,16H2,1-3H3. The van der Waals surface area contributed by atoms with Crippen molar-refractivity contribution in [1.82, 2.24) is 19.1 Å². The number of ether oxygens (including phenoxy) is 1. The van der Waals surface area contributed by atoms with Gasteiger partial charge in [-0.05, 0) is 81.1 Å². The SMILES string of the molecule is Cc1cn2c(n1)-c1cc(Oc3ccc4c(c3)-c3nc5ccccc5n3C(C)(C)C4)ccc1CC2. The van der Waals surface area contributed by atoms with Crippen LogP contribution in [0.25, 0.3) is 33.8 Å². The topological polar surface area (TPSA) is 44.9 Å². The number of nitrogens with zero attached hydrogens (tertiary/aromatic N) is 4. The Morgan fingerprint density at radius 3 is 2.41 bits per heavy atom. The van der Waals surface area contributed by atoms with Crippen molar-refractivity contribution in [2.75, 3.05) is 0 Å². The average molecular weight is 447 g/mol. The molecule has 0 saturated heterocycles. The third kappa shape index (κ3) is 2.86. The molecule has 0 unspecified atom stereocenters. The molecule has 168 valence electrons. The zero-order valence-corrected chi connectivity index (χ0v) is 19.7. The maximum Gasteiger partial charge on any atom is 0.142 e. The van der Waals surface area contributed by atoms with Crippen molar-refractivity contribution in [3.05, 3.63) is 83.7 Å². The summed E-state index contributed by atoms with van der Waals surface area (Å²) in [5.74, 6) is 3.70. The molecule has 34 heavy (non-hydrogen) atoms. The van der Waals surface area contributed by atoms with Gasteiger partial charge in [-0.1, -0.05) is 24.3 Å². The molecule has 0 radical (unpaired) electrons. The van der Waals surface area contributed by atoms with Gasteiger partial charge in [0.2, 0.25) is 0 Å². The van der Waals surface area contributed by atoms with Crippen LogP contribution in [0.3, 0.4) is 0 Å². The molecule has 5 aromatic rings. The molecule has 0 fully saturated rings. The van der Waals surface area contributed by atoms with Crippen LogP contribution in [-0.4, -0.2) is 19.1 Å². The number of para-hydroxylation sites is 2. The number of fused-ring (bicyclic) bond motifs is 8. The summed E-state index contributed by atoms with van der Waals surface area (Å²) in [7, 11) is 0. The highest BCUT2D eigenvalue weighted by molar-refractivity contribution is 5.83. The summed E-state index contributed by atoms with van der Waals surface area (Å²) in [6, 6.07) is 21.2. The second kappa shape index (κ2) is 6.83. The zero-order valence-electron chi connectivity index (χ0n) is 19.7. The quantitative estimate of drug-likeness (QED) is 0.310. The van der Waals surface area contributed by atoms with Crippen LogP contribution in [0.4, 0.5) is 0 Å². The van der Waals surface area contributed by atoms with Crippen molar-refractivity contribution in [3.63, 3.8) is 0 Å². The maximum absolute atomic E-state index is 6.40. The summed E-state index contributed by atoms with van der Waals surface area (Å²) in [5, 5.41) is 0. The van der Waals surface area contributed by atoms with E-state index in [4.69, 9.17) is 14.7 Å². The number of hydrogen-bond donors (Lipinski definition) is 0. The minimum atomic E-state index is -0.0423. The molecule has 0 bridgehead atoms. The third-order valence-corrected chi connectivity index (χ3v) is 7.19. The number of imidazole rings is 2. The Labute approximate surface area is 198 Å². The first kappa shape index (κ1) is 19.6. The number of aryl methyl sites for hydroxylation is 3. The molecule has 0 N–H and O–H groups in total. The van der Waals surface area contributed by atoms with Crippen LogP contribution in [0.2, 0.25) is 0 Å². The molecule has 7 rings (SSSR count). The molecular formula is C29H26N4O. The largest absolute Gasteiger partial charge is 0.457 e. The molecular weight excluding hydrogens is 420 g/mol. The van der Waals surface area contributed by atoms with Crippen LogP contribution in [0.15, 0.2) is 66.9 Å². The van der Waals surface area contributed by atoms with Crippen LogP contribution in [0.5, 0.6) is 11.5 Å². The van der Waals surface area contributed by atoms with E-state index >= 15 is 0 Å². The van der Waals surface area contributed by atoms with Crippen LogP contribution in [0.1, 0.15) is 30.7 Å². The normalized spacial score (nSPS) is 15.4. The highest BCUT2D eigenvalue weighted by atomic mass is 16.5. The van der Waals surface area contributed by atoms with Gasteiger partial charge in [0.1, 0.15) is 23.1 Å². The first-order chi connectivity index (χ1) is 16.5. The van der Waals surface area contributed by atoms with Crippen molar-refractivity contribution in [3.8, 4) is 34.3 Å². The van der Waals surface area contributed by atoms with Crippen LogP contribution in [0, 0.1) is 6.92 Å². The molecule has 0 spiro atoms. The Balaban J connectivity index is 1.30. The number of benzene rings is 3. The fourth-order valence-electron chi connectivity index (χ4n) is 5.70. The number of hydrogen-bond acceptors (Lipinski definition) is 3. The summed E-state index contributed by atoms with van der Waals surface area (Å²) < 4.78 is 11.0. The van der Waals surface area contributed by atoms with Gasteiger partial charge in [0.15, 0.2) is 0 Å². The van der Waals surface area contributed by atoms with Gasteiger partial charge in [0, 0.05) is 29.4 Å². The molecule has 2 aliphatic rings. The molecule has 0 atom stereocenters. The Morgan fingerprint density at radius 1 is 0.853 bits per heavy atom. The monoisotopic (exact) mass is 446 g/mol. The Hall–Kier alpha value is -3.86.